The molecule has 0 atom stereocenters. The summed E-state index contributed by atoms with van der Waals surface area (Å²) in [7, 11) is 7.31. The van der Waals surface area contributed by atoms with Gasteiger partial charge in [0.1, 0.15) is 23.6 Å². The molecule has 1 aliphatic rings. The molecule has 0 radical (unpaired) electrons. The maximum absolute atomic E-state index is 13.4. The summed E-state index contributed by atoms with van der Waals surface area (Å²) in [5.41, 5.74) is 1.22. The predicted molar refractivity (Wildman–Crippen MR) is 133 cm³/mol. The van der Waals surface area contributed by atoms with Crippen LogP contribution in [0, 0.1) is 0 Å². The number of aromatic nitrogens is 3. The summed E-state index contributed by atoms with van der Waals surface area (Å²) < 4.78 is 7.45. The lowest BCUT2D eigenvalue weighted by Gasteiger charge is -2.19. The van der Waals surface area contributed by atoms with Gasteiger partial charge in [0.15, 0.2) is 0 Å². The third kappa shape index (κ3) is 5.20. The van der Waals surface area contributed by atoms with Crippen LogP contribution >= 0.6 is 0 Å². The SMILES string of the molecule is CN(C)CCOc1ccc(Nc2ncc3cc(C(=O)N(C)C)c(=O)n(C4CCCC4)c3n2)cc1. The van der Waals surface area contributed by atoms with Crippen LogP contribution in [0.5, 0.6) is 5.75 Å². The predicted octanol–water partition coefficient (Wildman–Crippen LogP) is 3.29. The highest BCUT2D eigenvalue weighted by Gasteiger charge is 2.25. The first-order chi connectivity index (χ1) is 16.3. The van der Waals surface area contributed by atoms with Gasteiger partial charge in [0.25, 0.3) is 11.5 Å². The molecule has 9 heteroatoms. The van der Waals surface area contributed by atoms with Crippen LogP contribution in [-0.4, -0.2) is 71.6 Å². The second-order valence-electron chi connectivity index (χ2n) is 9.14. The van der Waals surface area contributed by atoms with Crippen LogP contribution in [0.25, 0.3) is 11.0 Å². The van der Waals surface area contributed by atoms with E-state index in [9.17, 15) is 9.59 Å². The van der Waals surface area contributed by atoms with Crippen molar-refractivity contribution >= 4 is 28.6 Å². The zero-order chi connectivity index (χ0) is 24.2. The molecule has 9 nitrogen and oxygen atoms in total. The minimum absolute atomic E-state index is 0.0336. The number of pyridine rings is 1. The summed E-state index contributed by atoms with van der Waals surface area (Å²) in [4.78, 5) is 38.6. The van der Waals surface area contributed by atoms with E-state index in [-0.39, 0.29) is 23.1 Å². The Morgan fingerprint density at radius 1 is 1.15 bits per heavy atom. The van der Waals surface area contributed by atoms with Crippen molar-refractivity contribution in [3.63, 3.8) is 0 Å². The van der Waals surface area contributed by atoms with E-state index in [4.69, 9.17) is 9.72 Å². The van der Waals surface area contributed by atoms with E-state index < -0.39 is 0 Å². The van der Waals surface area contributed by atoms with Crippen molar-refractivity contribution < 1.29 is 9.53 Å². The molecule has 1 fully saturated rings. The molecule has 34 heavy (non-hydrogen) atoms. The number of ether oxygens (including phenoxy) is 1. The van der Waals surface area contributed by atoms with E-state index in [0.29, 0.717) is 23.6 Å². The van der Waals surface area contributed by atoms with Crippen LogP contribution in [0.4, 0.5) is 11.6 Å². The minimum Gasteiger partial charge on any atom is -0.492 e. The summed E-state index contributed by atoms with van der Waals surface area (Å²) in [5, 5.41) is 3.89. The van der Waals surface area contributed by atoms with Gasteiger partial charge < -0.3 is 19.9 Å². The summed E-state index contributed by atoms with van der Waals surface area (Å²) in [6.07, 6.45) is 5.58. The Labute approximate surface area is 199 Å². The molecular formula is C25H32N6O3. The highest BCUT2D eigenvalue weighted by Crippen LogP contribution is 2.31. The van der Waals surface area contributed by atoms with Gasteiger partial charge >= 0.3 is 0 Å². The number of benzene rings is 1. The molecule has 0 bridgehead atoms. The van der Waals surface area contributed by atoms with Crippen molar-refractivity contribution in [2.45, 2.75) is 31.7 Å². The zero-order valence-electron chi connectivity index (χ0n) is 20.2. The molecule has 1 aliphatic carbocycles. The van der Waals surface area contributed by atoms with E-state index in [2.05, 4.69) is 15.2 Å². The third-order valence-corrected chi connectivity index (χ3v) is 6.02. The first-order valence-electron chi connectivity index (χ1n) is 11.6. The van der Waals surface area contributed by atoms with Crippen molar-refractivity contribution in [2.24, 2.45) is 0 Å². The Morgan fingerprint density at radius 2 is 1.85 bits per heavy atom. The standard InChI is InChI=1S/C25H32N6O3/c1-29(2)13-14-34-20-11-9-18(10-12-20)27-25-26-16-17-15-21(23(32)30(3)4)24(33)31(22(17)28-25)19-7-5-6-8-19/h9-12,15-16,19H,5-8,13-14H2,1-4H3,(H,26,27,28). The molecular weight excluding hydrogens is 432 g/mol. The van der Waals surface area contributed by atoms with Crippen molar-refractivity contribution in [3.8, 4) is 5.75 Å². The number of hydrogen-bond donors (Lipinski definition) is 1. The molecule has 180 valence electrons. The number of likely N-dealkylation sites (N-methyl/N-ethyl adjacent to an activating group) is 1. The lowest BCUT2D eigenvalue weighted by atomic mass is 10.1. The smallest absolute Gasteiger partial charge is 0.265 e. The number of nitrogens with one attached hydrogen (secondary N) is 1. The number of rotatable bonds is 8. The average Bonchev–Trinajstić information content (AvgIpc) is 3.33. The number of fused-ring (bicyclic) bond motifs is 1. The van der Waals surface area contributed by atoms with Gasteiger partial charge in [0.2, 0.25) is 5.95 Å². The Bertz CT molecular complexity index is 1210. The Balaban J connectivity index is 1.64. The Hall–Kier alpha value is -3.46. The van der Waals surface area contributed by atoms with Gasteiger partial charge in [-0.2, -0.15) is 4.98 Å². The van der Waals surface area contributed by atoms with Crippen molar-refractivity contribution in [1.82, 2.24) is 24.3 Å². The summed E-state index contributed by atoms with van der Waals surface area (Å²) >= 11 is 0. The number of carbonyl (C=O) groups is 1. The molecule has 1 saturated carbocycles. The molecule has 0 aliphatic heterocycles. The molecule has 1 N–H and O–H groups in total. The largest absolute Gasteiger partial charge is 0.492 e. The first kappa shape index (κ1) is 23.7. The van der Waals surface area contributed by atoms with Crippen LogP contribution in [-0.2, 0) is 0 Å². The summed E-state index contributed by atoms with van der Waals surface area (Å²) in [6.45, 7) is 1.46. The Morgan fingerprint density at radius 3 is 2.50 bits per heavy atom. The maximum atomic E-state index is 13.4. The van der Waals surface area contributed by atoms with Gasteiger partial charge in [-0.1, -0.05) is 12.8 Å². The summed E-state index contributed by atoms with van der Waals surface area (Å²) in [6, 6.07) is 9.24. The highest BCUT2D eigenvalue weighted by atomic mass is 16.5. The Kier molecular flexibility index (Phi) is 7.12. The molecule has 1 amide bonds. The lowest BCUT2D eigenvalue weighted by molar-refractivity contribution is 0.0825. The van der Waals surface area contributed by atoms with Gasteiger partial charge in [-0.3, -0.25) is 14.2 Å². The van der Waals surface area contributed by atoms with Gasteiger partial charge in [-0.15, -0.1) is 0 Å². The van der Waals surface area contributed by atoms with Crippen molar-refractivity contribution in [3.05, 3.63) is 52.4 Å². The normalized spacial score (nSPS) is 14.0. The monoisotopic (exact) mass is 464 g/mol. The number of nitrogens with zero attached hydrogens (tertiary/aromatic N) is 5. The third-order valence-electron chi connectivity index (χ3n) is 6.02. The van der Waals surface area contributed by atoms with E-state index in [1.54, 1.807) is 30.9 Å². The number of hydrogen-bond acceptors (Lipinski definition) is 7. The molecule has 3 aromatic rings. The summed E-state index contributed by atoms with van der Waals surface area (Å²) in [5.74, 6) is 0.875. The number of anilines is 2. The topological polar surface area (TPSA) is 92.6 Å². The van der Waals surface area contributed by atoms with Crippen LogP contribution in [0.15, 0.2) is 41.3 Å². The van der Waals surface area contributed by atoms with Crippen molar-refractivity contribution in [1.29, 1.82) is 0 Å². The van der Waals surface area contributed by atoms with Crippen LogP contribution in [0.2, 0.25) is 0 Å². The molecule has 0 unspecified atom stereocenters. The first-order valence-corrected chi connectivity index (χ1v) is 11.6. The molecule has 1 aromatic carbocycles. The molecule has 4 rings (SSSR count). The van der Waals surface area contributed by atoms with E-state index >= 15 is 0 Å². The van der Waals surface area contributed by atoms with Gasteiger partial charge in [-0.05, 0) is 57.3 Å². The maximum Gasteiger partial charge on any atom is 0.265 e. The van der Waals surface area contributed by atoms with Crippen LogP contribution in [0.3, 0.4) is 0 Å². The van der Waals surface area contributed by atoms with Gasteiger partial charge in [-0.25, -0.2) is 4.98 Å². The second kappa shape index (κ2) is 10.2. The fourth-order valence-electron chi connectivity index (χ4n) is 4.19. The molecule has 0 saturated heterocycles. The van der Waals surface area contributed by atoms with Gasteiger partial charge in [0, 0.05) is 44.0 Å². The van der Waals surface area contributed by atoms with Crippen molar-refractivity contribution in [2.75, 3.05) is 46.7 Å². The lowest BCUT2D eigenvalue weighted by Crippen LogP contribution is -2.34. The van der Waals surface area contributed by atoms with Crippen LogP contribution in [0.1, 0.15) is 42.1 Å². The quantitative estimate of drug-likeness (QED) is 0.547. The second-order valence-corrected chi connectivity index (χ2v) is 9.14. The fourth-order valence-corrected chi connectivity index (χ4v) is 4.19. The number of carbonyl (C=O) groups excluding carboxylic acids is 1. The fraction of sp³-hybridized carbons (Fsp3) is 0.440. The van der Waals surface area contributed by atoms with Crippen LogP contribution < -0.4 is 15.6 Å². The van der Waals surface area contributed by atoms with E-state index in [1.165, 1.54) is 4.90 Å². The zero-order valence-corrected chi connectivity index (χ0v) is 20.2. The number of amides is 1. The molecule has 2 aromatic heterocycles. The molecule has 0 spiro atoms. The van der Waals surface area contributed by atoms with E-state index in [1.807, 2.05) is 38.4 Å². The van der Waals surface area contributed by atoms with Gasteiger partial charge in [0.05, 0.1) is 0 Å². The highest BCUT2D eigenvalue weighted by molar-refractivity contribution is 5.96. The minimum atomic E-state index is -0.311. The average molecular weight is 465 g/mol. The van der Waals surface area contributed by atoms with E-state index in [0.717, 1.165) is 43.7 Å². The molecule has 2 heterocycles.